The van der Waals surface area contributed by atoms with Gasteiger partial charge in [-0.2, -0.15) is 5.26 Å². The lowest BCUT2D eigenvalue weighted by atomic mass is 10.1. The molecule has 0 saturated carbocycles. The maximum Gasteiger partial charge on any atom is 0.145 e. The van der Waals surface area contributed by atoms with Crippen LogP contribution in [0, 0.1) is 11.3 Å². The molecular weight excluding hydrogens is 226 g/mol. The van der Waals surface area contributed by atoms with E-state index in [2.05, 4.69) is 6.07 Å². The summed E-state index contributed by atoms with van der Waals surface area (Å²) in [6, 6.07) is 16.3. The normalized spacial score (nSPS) is 11.6. The average molecular weight is 239 g/mol. The van der Waals surface area contributed by atoms with E-state index in [1.165, 1.54) is 0 Å². The van der Waals surface area contributed by atoms with Gasteiger partial charge in [-0.05, 0) is 36.8 Å². The predicted molar refractivity (Wildman–Crippen MR) is 68.3 cm³/mol. The van der Waals surface area contributed by atoms with E-state index in [0.29, 0.717) is 17.1 Å². The second-order valence-electron chi connectivity index (χ2n) is 3.96. The Kier molecular flexibility index (Phi) is 3.61. The smallest absolute Gasteiger partial charge is 0.145 e. The number of benzene rings is 2. The Bertz CT molecular complexity index is 568. The van der Waals surface area contributed by atoms with Crippen LogP contribution in [0.1, 0.15) is 24.2 Å². The number of nitrogens with zero attached hydrogens (tertiary/aromatic N) is 1. The number of hydrogen-bond donors (Lipinski definition) is 1. The van der Waals surface area contributed by atoms with Crippen molar-refractivity contribution >= 4 is 0 Å². The van der Waals surface area contributed by atoms with E-state index in [9.17, 15) is 5.11 Å². The molecule has 2 rings (SSSR count). The third-order valence-corrected chi connectivity index (χ3v) is 2.60. The van der Waals surface area contributed by atoms with Crippen LogP contribution in [0.3, 0.4) is 0 Å². The Labute approximate surface area is 106 Å². The minimum absolute atomic E-state index is 0.495. The number of ether oxygens (including phenoxy) is 1. The topological polar surface area (TPSA) is 53.2 Å². The van der Waals surface area contributed by atoms with Crippen LogP contribution in [-0.4, -0.2) is 5.11 Å². The third-order valence-electron chi connectivity index (χ3n) is 2.60. The molecule has 3 heteroatoms. The first-order valence-corrected chi connectivity index (χ1v) is 5.65. The number of aliphatic hydroxyl groups is 1. The highest BCUT2D eigenvalue weighted by molar-refractivity contribution is 5.45. The molecule has 0 aliphatic heterocycles. The molecule has 3 nitrogen and oxygen atoms in total. The van der Waals surface area contributed by atoms with Crippen LogP contribution in [0.4, 0.5) is 0 Å². The first kappa shape index (κ1) is 12.2. The molecule has 90 valence electrons. The van der Waals surface area contributed by atoms with Gasteiger partial charge in [-0.25, -0.2) is 0 Å². The average Bonchev–Trinajstić information content (AvgIpc) is 2.40. The monoisotopic (exact) mass is 239 g/mol. The van der Waals surface area contributed by atoms with Gasteiger partial charge >= 0.3 is 0 Å². The van der Waals surface area contributed by atoms with Gasteiger partial charge in [0, 0.05) is 0 Å². The van der Waals surface area contributed by atoms with E-state index < -0.39 is 6.10 Å². The van der Waals surface area contributed by atoms with Crippen LogP contribution in [0.5, 0.6) is 11.5 Å². The molecule has 2 aromatic rings. The highest BCUT2D eigenvalue weighted by Crippen LogP contribution is 2.25. The van der Waals surface area contributed by atoms with Crippen LogP contribution < -0.4 is 4.74 Å². The maximum absolute atomic E-state index is 9.40. The van der Waals surface area contributed by atoms with Crippen molar-refractivity contribution in [2.24, 2.45) is 0 Å². The molecule has 1 atom stereocenters. The molecule has 0 saturated heterocycles. The minimum Gasteiger partial charge on any atom is -0.456 e. The van der Waals surface area contributed by atoms with Gasteiger partial charge < -0.3 is 9.84 Å². The van der Waals surface area contributed by atoms with Gasteiger partial charge in [0.15, 0.2) is 0 Å². The van der Waals surface area contributed by atoms with E-state index in [1.807, 2.05) is 6.07 Å². The molecule has 0 aliphatic rings. The first-order valence-electron chi connectivity index (χ1n) is 5.65. The van der Waals surface area contributed by atoms with Gasteiger partial charge in [-0.3, -0.25) is 0 Å². The quantitative estimate of drug-likeness (QED) is 0.893. The molecule has 0 aliphatic carbocycles. The summed E-state index contributed by atoms with van der Waals surface area (Å²) < 4.78 is 5.63. The van der Waals surface area contributed by atoms with Crippen molar-refractivity contribution in [2.75, 3.05) is 0 Å². The summed E-state index contributed by atoms with van der Waals surface area (Å²) in [5.41, 5.74) is 1.33. The van der Waals surface area contributed by atoms with Gasteiger partial charge in [0.1, 0.15) is 17.6 Å². The standard InChI is InChI=1S/C15H13NO2/c1-11(17)12-6-8-14(9-7-12)18-15-5-3-2-4-13(15)10-16/h2-9,11,17H,1H3/t11-/m1/s1. The van der Waals surface area contributed by atoms with Gasteiger partial charge in [0.25, 0.3) is 0 Å². The maximum atomic E-state index is 9.40. The molecule has 0 unspecified atom stereocenters. The van der Waals surface area contributed by atoms with E-state index >= 15 is 0 Å². The zero-order valence-corrected chi connectivity index (χ0v) is 10.00. The van der Waals surface area contributed by atoms with Crippen LogP contribution in [0.2, 0.25) is 0 Å². The van der Waals surface area contributed by atoms with Crippen LogP contribution in [0.15, 0.2) is 48.5 Å². The minimum atomic E-state index is -0.495. The largest absolute Gasteiger partial charge is 0.456 e. The van der Waals surface area contributed by atoms with Crippen LogP contribution >= 0.6 is 0 Å². The molecule has 18 heavy (non-hydrogen) atoms. The fourth-order valence-corrected chi connectivity index (χ4v) is 1.59. The summed E-state index contributed by atoms with van der Waals surface area (Å²) in [7, 11) is 0. The summed E-state index contributed by atoms with van der Waals surface area (Å²) >= 11 is 0. The Balaban J connectivity index is 2.22. The van der Waals surface area contributed by atoms with Crippen molar-refractivity contribution in [3.63, 3.8) is 0 Å². The van der Waals surface area contributed by atoms with Crippen molar-refractivity contribution in [3.05, 3.63) is 59.7 Å². The zero-order valence-electron chi connectivity index (χ0n) is 10.00. The number of nitriles is 1. The summed E-state index contributed by atoms with van der Waals surface area (Å²) in [5.74, 6) is 1.17. The molecule has 0 spiro atoms. The third kappa shape index (κ3) is 2.68. The molecule has 0 radical (unpaired) electrons. The van der Waals surface area contributed by atoms with E-state index in [1.54, 1.807) is 49.4 Å². The van der Waals surface area contributed by atoms with Gasteiger partial charge in [-0.1, -0.05) is 24.3 Å². The van der Waals surface area contributed by atoms with E-state index in [-0.39, 0.29) is 0 Å². The zero-order chi connectivity index (χ0) is 13.0. The fraction of sp³-hybridized carbons (Fsp3) is 0.133. The number of rotatable bonds is 3. The summed E-state index contributed by atoms with van der Waals surface area (Å²) in [4.78, 5) is 0. The van der Waals surface area contributed by atoms with Crippen molar-refractivity contribution in [1.29, 1.82) is 5.26 Å². The van der Waals surface area contributed by atoms with E-state index in [4.69, 9.17) is 10.00 Å². The first-order chi connectivity index (χ1) is 8.70. The Hall–Kier alpha value is -2.31. The van der Waals surface area contributed by atoms with Crippen LogP contribution in [-0.2, 0) is 0 Å². The molecule has 0 aromatic heterocycles. The SMILES string of the molecule is C[C@@H](O)c1ccc(Oc2ccccc2C#N)cc1. The molecule has 0 fully saturated rings. The lowest BCUT2D eigenvalue weighted by Crippen LogP contribution is -1.91. The molecular formula is C15H13NO2. The highest BCUT2D eigenvalue weighted by atomic mass is 16.5. The molecule has 2 aromatic carbocycles. The number of hydrogen-bond acceptors (Lipinski definition) is 3. The molecule has 1 N–H and O–H groups in total. The van der Waals surface area contributed by atoms with Crippen molar-refractivity contribution in [2.45, 2.75) is 13.0 Å². The van der Waals surface area contributed by atoms with Crippen molar-refractivity contribution in [3.8, 4) is 17.6 Å². The number of para-hydroxylation sites is 1. The number of aliphatic hydroxyl groups excluding tert-OH is 1. The van der Waals surface area contributed by atoms with Crippen molar-refractivity contribution in [1.82, 2.24) is 0 Å². The lowest BCUT2D eigenvalue weighted by Gasteiger charge is -2.09. The molecule has 0 bridgehead atoms. The molecule has 0 heterocycles. The molecule has 0 amide bonds. The highest BCUT2D eigenvalue weighted by Gasteiger charge is 2.04. The van der Waals surface area contributed by atoms with Crippen molar-refractivity contribution < 1.29 is 9.84 Å². The predicted octanol–water partition coefficient (Wildman–Crippen LogP) is 3.40. The second-order valence-corrected chi connectivity index (χ2v) is 3.96. The Morgan fingerprint density at radius 2 is 1.78 bits per heavy atom. The fourth-order valence-electron chi connectivity index (χ4n) is 1.59. The second kappa shape index (κ2) is 5.35. The Morgan fingerprint density at radius 3 is 2.39 bits per heavy atom. The van der Waals surface area contributed by atoms with E-state index in [0.717, 1.165) is 5.56 Å². The summed E-state index contributed by atoms with van der Waals surface area (Å²) in [6.45, 7) is 1.71. The lowest BCUT2D eigenvalue weighted by molar-refractivity contribution is 0.199. The van der Waals surface area contributed by atoms with Gasteiger partial charge in [-0.15, -0.1) is 0 Å². The van der Waals surface area contributed by atoms with Crippen LogP contribution in [0.25, 0.3) is 0 Å². The van der Waals surface area contributed by atoms with Gasteiger partial charge in [0.2, 0.25) is 0 Å². The summed E-state index contributed by atoms with van der Waals surface area (Å²) in [5, 5.41) is 18.4. The summed E-state index contributed by atoms with van der Waals surface area (Å²) in [6.07, 6.45) is -0.495. The Morgan fingerprint density at radius 1 is 1.11 bits per heavy atom. The van der Waals surface area contributed by atoms with Gasteiger partial charge in [0.05, 0.1) is 11.7 Å².